The van der Waals surface area contributed by atoms with E-state index in [2.05, 4.69) is 48.1 Å². The molecule has 0 aromatic heterocycles. The topological polar surface area (TPSA) is 36.8 Å². The van der Waals surface area contributed by atoms with Crippen LogP contribution in [0.2, 0.25) is 0 Å². The largest absolute Gasteiger partial charge is 0.341 e. The van der Waals surface area contributed by atoms with Gasteiger partial charge < -0.3 is 5.32 Å². The summed E-state index contributed by atoms with van der Waals surface area (Å²) in [5, 5.41) is 3.47. The molecule has 1 aliphatic heterocycles. The third-order valence-electron chi connectivity index (χ3n) is 3.68. The third-order valence-corrected chi connectivity index (χ3v) is 3.68. The first-order valence-electron chi connectivity index (χ1n) is 7.37. The van der Waals surface area contributed by atoms with Crippen LogP contribution < -0.4 is 5.32 Å². The van der Waals surface area contributed by atoms with Gasteiger partial charge in [-0.1, -0.05) is 66.7 Å². The molecule has 0 amide bonds. The van der Waals surface area contributed by atoms with Gasteiger partial charge in [-0.2, -0.15) is 0 Å². The third kappa shape index (κ3) is 2.70. The monoisotopic (exact) mass is 289 g/mol. The SMILES string of the molecule is C=CCN=C1NC(C)(c2ccccc2)N=C1c1ccccc1. The molecule has 0 bridgehead atoms. The molecule has 1 atom stereocenters. The van der Waals surface area contributed by atoms with Crippen molar-refractivity contribution in [2.24, 2.45) is 9.98 Å². The van der Waals surface area contributed by atoms with E-state index in [-0.39, 0.29) is 0 Å². The van der Waals surface area contributed by atoms with Gasteiger partial charge in [-0.15, -0.1) is 6.58 Å². The van der Waals surface area contributed by atoms with E-state index in [0.717, 1.165) is 22.7 Å². The molecule has 0 spiro atoms. The van der Waals surface area contributed by atoms with Crippen LogP contribution >= 0.6 is 0 Å². The molecule has 0 radical (unpaired) electrons. The van der Waals surface area contributed by atoms with Gasteiger partial charge in [0.25, 0.3) is 0 Å². The molecule has 0 fully saturated rings. The van der Waals surface area contributed by atoms with E-state index < -0.39 is 5.66 Å². The molecular formula is C19H19N3. The van der Waals surface area contributed by atoms with E-state index in [0.29, 0.717) is 6.54 Å². The van der Waals surface area contributed by atoms with Crippen molar-refractivity contribution in [2.45, 2.75) is 12.6 Å². The number of amidine groups is 1. The highest BCUT2D eigenvalue weighted by molar-refractivity contribution is 6.49. The van der Waals surface area contributed by atoms with E-state index in [1.807, 2.05) is 36.4 Å². The smallest absolute Gasteiger partial charge is 0.154 e. The van der Waals surface area contributed by atoms with Gasteiger partial charge in [-0.25, -0.2) is 4.99 Å². The molecular weight excluding hydrogens is 270 g/mol. The molecule has 3 heteroatoms. The van der Waals surface area contributed by atoms with E-state index in [4.69, 9.17) is 4.99 Å². The second-order valence-corrected chi connectivity index (χ2v) is 5.37. The van der Waals surface area contributed by atoms with E-state index in [1.165, 1.54) is 0 Å². The van der Waals surface area contributed by atoms with Crippen molar-refractivity contribution < 1.29 is 0 Å². The standard InChI is InChI=1S/C19H19N3/c1-3-14-20-18-17(15-10-6-4-7-11-15)21-19(2,22-18)16-12-8-5-9-13-16/h3-13H,1,14H2,2H3,(H,20,22). The zero-order chi connectivity index (χ0) is 15.4. The maximum atomic E-state index is 4.94. The molecule has 1 unspecified atom stereocenters. The molecule has 3 rings (SSSR count). The maximum Gasteiger partial charge on any atom is 0.154 e. The maximum absolute atomic E-state index is 4.94. The summed E-state index contributed by atoms with van der Waals surface area (Å²) in [6.07, 6.45) is 1.79. The normalized spacial score (nSPS) is 22.2. The minimum absolute atomic E-state index is 0.494. The zero-order valence-electron chi connectivity index (χ0n) is 12.7. The first-order valence-corrected chi connectivity index (χ1v) is 7.37. The van der Waals surface area contributed by atoms with Gasteiger partial charge in [0.05, 0.1) is 6.54 Å². The van der Waals surface area contributed by atoms with Gasteiger partial charge in [0.1, 0.15) is 11.5 Å². The van der Waals surface area contributed by atoms with Crippen molar-refractivity contribution in [1.82, 2.24) is 5.32 Å². The van der Waals surface area contributed by atoms with E-state index in [9.17, 15) is 0 Å². The second kappa shape index (κ2) is 5.98. The van der Waals surface area contributed by atoms with Crippen LogP contribution in [0, 0.1) is 0 Å². The molecule has 1 aliphatic rings. The second-order valence-electron chi connectivity index (χ2n) is 5.37. The minimum atomic E-state index is -0.494. The van der Waals surface area contributed by atoms with Gasteiger partial charge in [0, 0.05) is 5.56 Å². The fraction of sp³-hybridized carbons (Fsp3) is 0.158. The molecule has 110 valence electrons. The highest BCUT2D eigenvalue weighted by atomic mass is 15.2. The molecule has 0 saturated heterocycles. The summed E-state index contributed by atoms with van der Waals surface area (Å²) >= 11 is 0. The molecule has 2 aromatic rings. The number of rotatable bonds is 4. The summed E-state index contributed by atoms with van der Waals surface area (Å²) in [5.41, 5.74) is 2.59. The lowest BCUT2D eigenvalue weighted by atomic mass is 10.0. The fourth-order valence-corrected chi connectivity index (χ4v) is 2.56. The van der Waals surface area contributed by atoms with Crippen molar-refractivity contribution in [1.29, 1.82) is 0 Å². The van der Waals surface area contributed by atoms with Crippen LogP contribution in [0.1, 0.15) is 18.1 Å². The summed E-state index contributed by atoms with van der Waals surface area (Å²) in [6.45, 7) is 6.38. The average Bonchev–Trinajstić information content (AvgIpc) is 2.93. The Morgan fingerprint density at radius 2 is 1.73 bits per heavy atom. The number of hydrogen-bond acceptors (Lipinski definition) is 2. The van der Waals surface area contributed by atoms with Crippen LogP contribution in [0.15, 0.2) is 83.3 Å². The average molecular weight is 289 g/mol. The quantitative estimate of drug-likeness (QED) is 0.859. The lowest BCUT2D eigenvalue weighted by molar-refractivity contribution is 0.478. The Balaban J connectivity index is 2.06. The Morgan fingerprint density at radius 3 is 2.36 bits per heavy atom. The lowest BCUT2D eigenvalue weighted by Gasteiger charge is -2.22. The summed E-state index contributed by atoms with van der Waals surface area (Å²) < 4.78 is 0. The van der Waals surface area contributed by atoms with Crippen molar-refractivity contribution in [3.8, 4) is 0 Å². The molecule has 0 saturated carbocycles. The number of aliphatic imine (C=N–C) groups is 2. The number of nitrogens with zero attached hydrogens (tertiary/aromatic N) is 2. The highest BCUT2D eigenvalue weighted by Crippen LogP contribution is 2.28. The van der Waals surface area contributed by atoms with Crippen molar-refractivity contribution in [3.63, 3.8) is 0 Å². The molecule has 1 heterocycles. The molecule has 3 nitrogen and oxygen atoms in total. The van der Waals surface area contributed by atoms with Crippen LogP contribution in [0.25, 0.3) is 0 Å². The summed E-state index contributed by atoms with van der Waals surface area (Å²) in [5.74, 6) is 0.817. The zero-order valence-corrected chi connectivity index (χ0v) is 12.7. The fourth-order valence-electron chi connectivity index (χ4n) is 2.56. The Morgan fingerprint density at radius 1 is 1.09 bits per heavy atom. The van der Waals surface area contributed by atoms with Gasteiger partial charge in [0.2, 0.25) is 0 Å². The van der Waals surface area contributed by atoms with Gasteiger partial charge in [-0.3, -0.25) is 4.99 Å². The summed E-state index contributed by atoms with van der Waals surface area (Å²) in [4.78, 5) is 9.51. The van der Waals surface area contributed by atoms with Crippen LogP contribution in [0.4, 0.5) is 0 Å². The van der Waals surface area contributed by atoms with Crippen LogP contribution in [-0.4, -0.2) is 18.1 Å². The van der Waals surface area contributed by atoms with Crippen LogP contribution in [-0.2, 0) is 5.66 Å². The Hall–Kier alpha value is -2.68. The van der Waals surface area contributed by atoms with E-state index in [1.54, 1.807) is 6.08 Å². The molecule has 1 N–H and O–H groups in total. The predicted molar refractivity (Wildman–Crippen MR) is 92.4 cm³/mol. The van der Waals surface area contributed by atoms with Crippen molar-refractivity contribution >= 4 is 11.5 Å². The Labute approximate surface area is 131 Å². The minimum Gasteiger partial charge on any atom is -0.341 e. The van der Waals surface area contributed by atoms with Crippen molar-refractivity contribution in [2.75, 3.05) is 6.54 Å². The Bertz CT molecular complexity index is 717. The van der Waals surface area contributed by atoms with Crippen LogP contribution in [0.5, 0.6) is 0 Å². The van der Waals surface area contributed by atoms with Gasteiger partial charge in [0.15, 0.2) is 5.66 Å². The lowest BCUT2D eigenvalue weighted by Crippen LogP contribution is -2.37. The predicted octanol–water partition coefficient (Wildman–Crippen LogP) is 3.54. The van der Waals surface area contributed by atoms with Crippen LogP contribution in [0.3, 0.4) is 0 Å². The molecule has 22 heavy (non-hydrogen) atoms. The number of nitrogens with one attached hydrogen (secondary N) is 1. The van der Waals surface area contributed by atoms with Gasteiger partial charge >= 0.3 is 0 Å². The number of benzene rings is 2. The first kappa shape index (κ1) is 14.3. The Kier molecular flexibility index (Phi) is 3.88. The highest BCUT2D eigenvalue weighted by Gasteiger charge is 2.35. The molecule has 0 aliphatic carbocycles. The van der Waals surface area contributed by atoms with Gasteiger partial charge in [-0.05, 0) is 12.5 Å². The molecule has 2 aromatic carbocycles. The number of hydrogen-bond donors (Lipinski definition) is 1. The van der Waals surface area contributed by atoms with E-state index >= 15 is 0 Å². The van der Waals surface area contributed by atoms with Crippen molar-refractivity contribution in [3.05, 3.63) is 84.4 Å². The first-order chi connectivity index (χ1) is 10.7. The summed E-state index contributed by atoms with van der Waals surface area (Å²) in [6, 6.07) is 20.4. The summed E-state index contributed by atoms with van der Waals surface area (Å²) in [7, 11) is 0.